The first kappa shape index (κ1) is 9.55. The molecule has 0 aromatic carbocycles. The van der Waals surface area contributed by atoms with Crippen molar-refractivity contribution in [3.05, 3.63) is 24.7 Å². The highest BCUT2D eigenvalue weighted by Gasteiger charge is 2.09. The second-order valence-corrected chi connectivity index (χ2v) is 1.58. The molecule has 0 atom stereocenters. The quantitative estimate of drug-likeness (QED) is 0.284. The molecule has 0 amide bonds. The maximum absolute atomic E-state index is 10.7. The van der Waals surface area contributed by atoms with Crippen LogP contribution in [0.15, 0.2) is 24.7 Å². The average Bonchev–Trinajstić information content (AvgIpc) is 2.03. The van der Waals surface area contributed by atoms with E-state index < -0.39 is 5.97 Å². The fraction of sp³-hybridized carbons (Fsp3) is 0.286. The molecule has 0 bridgehead atoms. The Hall–Kier alpha value is -1.45. The van der Waals surface area contributed by atoms with Gasteiger partial charge in [-0.2, -0.15) is 0 Å². The minimum absolute atomic E-state index is 0.0968. The topological polar surface area (TPSA) is 55.8 Å². The number of rotatable bonds is 4. The van der Waals surface area contributed by atoms with Gasteiger partial charge in [0.2, 0.25) is 5.76 Å². The maximum atomic E-state index is 10.7. The number of hydrogen-bond donors (Lipinski definition) is 1. The standard InChI is InChI=1S/C7H10O4/c1-3-4-11-7(9)6(5-8)10-2/h3,5,8H,1,4H2,2H3. The molecule has 62 valence electrons. The molecule has 0 fully saturated rings. The van der Waals surface area contributed by atoms with E-state index in [1.807, 2.05) is 0 Å². The number of carbonyl (C=O) groups excluding carboxylic acids is 1. The highest BCUT2D eigenvalue weighted by atomic mass is 16.6. The third-order valence-electron chi connectivity index (χ3n) is 0.871. The Labute approximate surface area is 64.7 Å². The van der Waals surface area contributed by atoms with E-state index in [4.69, 9.17) is 5.11 Å². The first-order valence-electron chi connectivity index (χ1n) is 2.92. The van der Waals surface area contributed by atoms with Crippen LogP contribution in [0.5, 0.6) is 0 Å². The summed E-state index contributed by atoms with van der Waals surface area (Å²) in [6.45, 7) is 3.44. The van der Waals surface area contributed by atoms with E-state index in [2.05, 4.69) is 16.1 Å². The third-order valence-corrected chi connectivity index (χ3v) is 0.871. The normalized spacial score (nSPS) is 10.5. The predicted molar refractivity (Wildman–Crippen MR) is 38.9 cm³/mol. The number of hydrogen-bond acceptors (Lipinski definition) is 4. The molecule has 0 aromatic rings. The summed E-state index contributed by atoms with van der Waals surface area (Å²) in [6.07, 6.45) is 1.97. The van der Waals surface area contributed by atoms with Crippen LogP contribution in [-0.4, -0.2) is 24.8 Å². The van der Waals surface area contributed by atoms with Crippen LogP contribution in [0.3, 0.4) is 0 Å². The summed E-state index contributed by atoms with van der Waals surface area (Å²) in [5.41, 5.74) is 0. The summed E-state index contributed by atoms with van der Waals surface area (Å²) >= 11 is 0. The smallest absolute Gasteiger partial charge is 0.377 e. The van der Waals surface area contributed by atoms with E-state index in [9.17, 15) is 4.79 Å². The van der Waals surface area contributed by atoms with Gasteiger partial charge in [0.25, 0.3) is 0 Å². The lowest BCUT2D eigenvalue weighted by molar-refractivity contribution is -0.141. The highest BCUT2D eigenvalue weighted by Crippen LogP contribution is 1.96. The second kappa shape index (κ2) is 5.34. The molecule has 0 saturated carbocycles. The molecule has 0 spiro atoms. The van der Waals surface area contributed by atoms with Gasteiger partial charge in [0.15, 0.2) is 0 Å². The Morgan fingerprint density at radius 2 is 2.36 bits per heavy atom. The van der Waals surface area contributed by atoms with Gasteiger partial charge in [0.1, 0.15) is 12.9 Å². The molecule has 4 heteroatoms. The van der Waals surface area contributed by atoms with Crippen LogP contribution in [0.1, 0.15) is 0 Å². The molecule has 0 heterocycles. The van der Waals surface area contributed by atoms with Crippen molar-refractivity contribution in [2.45, 2.75) is 0 Å². The lowest BCUT2D eigenvalue weighted by atomic mass is 10.5. The van der Waals surface area contributed by atoms with Crippen LogP contribution >= 0.6 is 0 Å². The third kappa shape index (κ3) is 3.30. The van der Waals surface area contributed by atoms with Gasteiger partial charge >= 0.3 is 5.97 Å². The van der Waals surface area contributed by atoms with Crippen molar-refractivity contribution >= 4 is 5.97 Å². The molecular formula is C7H10O4. The molecule has 4 nitrogen and oxygen atoms in total. The van der Waals surface area contributed by atoms with E-state index >= 15 is 0 Å². The van der Waals surface area contributed by atoms with Crippen LogP contribution in [0, 0.1) is 0 Å². The van der Waals surface area contributed by atoms with E-state index in [-0.39, 0.29) is 12.4 Å². The van der Waals surface area contributed by atoms with Gasteiger partial charge in [-0.3, -0.25) is 0 Å². The molecule has 0 radical (unpaired) electrons. The van der Waals surface area contributed by atoms with Crippen molar-refractivity contribution in [2.24, 2.45) is 0 Å². The van der Waals surface area contributed by atoms with E-state index in [0.29, 0.717) is 6.26 Å². The molecule has 0 aromatic heterocycles. The molecule has 0 rings (SSSR count). The van der Waals surface area contributed by atoms with Crippen LogP contribution < -0.4 is 0 Å². The molecule has 0 aliphatic carbocycles. The number of methoxy groups -OCH3 is 1. The zero-order valence-electron chi connectivity index (χ0n) is 6.24. The highest BCUT2D eigenvalue weighted by molar-refractivity contribution is 5.85. The largest absolute Gasteiger partial charge is 0.511 e. The SMILES string of the molecule is C=CCOC(=O)C(=CO)OC. The zero-order valence-corrected chi connectivity index (χ0v) is 6.24. The van der Waals surface area contributed by atoms with Crippen molar-refractivity contribution < 1.29 is 19.4 Å². The summed E-state index contributed by atoms with van der Waals surface area (Å²) in [6, 6.07) is 0. The van der Waals surface area contributed by atoms with E-state index in [1.165, 1.54) is 13.2 Å². The van der Waals surface area contributed by atoms with Gasteiger partial charge in [-0.15, -0.1) is 0 Å². The van der Waals surface area contributed by atoms with Gasteiger partial charge in [-0.25, -0.2) is 4.79 Å². The minimum Gasteiger partial charge on any atom is -0.511 e. The lowest BCUT2D eigenvalue weighted by Crippen LogP contribution is -2.09. The number of ether oxygens (including phenoxy) is 2. The maximum Gasteiger partial charge on any atom is 0.377 e. The van der Waals surface area contributed by atoms with E-state index in [0.717, 1.165) is 0 Å². The van der Waals surface area contributed by atoms with Crippen LogP contribution in [0.4, 0.5) is 0 Å². The van der Waals surface area contributed by atoms with Gasteiger partial charge < -0.3 is 14.6 Å². The Morgan fingerprint density at radius 3 is 2.73 bits per heavy atom. The first-order chi connectivity index (χ1) is 5.26. The van der Waals surface area contributed by atoms with Gasteiger partial charge in [-0.05, 0) is 0 Å². The second-order valence-electron chi connectivity index (χ2n) is 1.58. The van der Waals surface area contributed by atoms with E-state index in [1.54, 1.807) is 0 Å². The van der Waals surface area contributed by atoms with Crippen LogP contribution in [0.2, 0.25) is 0 Å². The molecule has 11 heavy (non-hydrogen) atoms. The fourth-order valence-corrected chi connectivity index (χ4v) is 0.394. The summed E-state index contributed by atoms with van der Waals surface area (Å²) in [7, 11) is 1.26. The van der Waals surface area contributed by atoms with Crippen molar-refractivity contribution in [1.29, 1.82) is 0 Å². The average molecular weight is 158 g/mol. The summed E-state index contributed by atoms with van der Waals surface area (Å²) in [5.74, 6) is -0.943. The number of carbonyl (C=O) groups is 1. The van der Waals surface area contributed by atoms with Crippen LogP contribution in [-0.2, 0) is 14.3 Å². The molecule has 0 unspecified atom stereocenters. The minimum atomic E-state index is -0.713. The zero-order chi connectivity index (χ0) is 8.69. The van der Waals surface area contributed by atoms with Crippen molar-refractivity contribution in [3.63, 3.8) is 0 Å². The van der Waals surface area contributed by atoms with Gasteiger partial charge in [0.05, 0.1) is 7.11 Å². The predicted octanol–water partition coefficient (Wildman–Crippen LogP) is 0.761. The Morgan fingerprint density at radius 1 is 1.73 bits per heavy atom. The van der Waals surface area contributed by atoms with Crippen LogP contribution in [0.25, 0.3) is 0 Å². The molecule has 0 saturated heterocycles. The molecular weight excluding hydrogens is 148 g/mol. The van der Waals surface area contributed by atoms with Gasteiger partial charge in [-0.1, -0.05) is 12.7 Å². The first-order valence-corrected chi connectivity index (χ1v) is 2.92. The number of aliphatic hydroxyl groups excluding tert-OH is 1. The Balaban J connectivity index is 3.90. The molecule has 0 aliphatic rings. The lowest BCUT2D eigenvalue weighted by Gasteiger charge is -2.02. The summed E-state index contributed by atoms with van der Waals surface area (Å²) in [4.78, 5) is 10.7. The fourth-order valence-electron chi connectivity index (χ4n) is 0.394. The number of esters is 1. The summed E-state index contributed by atoms with van der Waals surface area (Å²) in [5, 5.41) is 8.38. The van der Waals surface area contributed by atoms with Crippen molar-refractivity contribution in [2.75, 3.05) is 13.7 Å². The number of aliphatic hydroxyl groups is 1. The van der Waals surface area contributed by atoms with Gasteiger partial charge in [0, 0.05) is 0 Å². The monoisotopic (exact) mass is 158 g/mol. The Kier molecular flexibility index (Phi) is 4.64. The Bertz CT molecular complexity index is 171. The van der Waals surface area contributed by atoms with Crippen molar-refractivity contribution in [1.82, 2.24) is 0 Å². The summed E-state index contributed by atoms with van der Waals surface area (Å²) < 4.78 is 8.99. The molecule has 1 N–H and O–H groups in total. The molecule has 0 aliphatic heterocycles. The van der Waals surface area contributed by atoms with Crippen molar-refractivity contribution in [3.8, 4) is 0 Å².